The van der Waals surface area contributed by atoms with E-state index in [0.29, 0.717) is 0 Å². The first-order chi connectivity index (χ1) is 8.91. The van der Waals surface area contributed by atoms with Gasteiger partial charge in [0.15, 0.2) is 0 Å². The van der Waals surface area contributed by atoms with E-state index in [0.717, 1.165) is 24.9 Å². The van der Waals surface area contributed by atoms with E-state index < -0.39 is 10.0 Å². The second-order valence-corrected chi connectivity index (χ2v) is 6.28. The summed E-state index contributed by atoms with van der Waals surface area (Å²) in [6.45, 7) is 0. The van der Waals surface area contributed by atoms with Gasteiger partial charge in [0.2, 0.25) is 10.0 Å². The third-order valence-corrected chi connectivity index (χ3v) is 4.41. The lowest BCUT2D eigenvalue weighted by Crippen LogP contribution is -2.29. The van der Waals surface area contributed by atoms with Crippen LogP contribution in [0.2, 0.25) is 0 Å². The molecule has 2 rings (SSSR count). The Bertz CT molecular complexity index is 559. The summed E-state index contributed by atoms with van der Waals surface area (Å²) in [5, 5.41) is 8.39. The molecule has 2 atom stereocenters. The summed E-state index contributed by atoms with van der Waals surface area (Å²) in [6.07, 6.45) is 3.34. The van der Waals surface area contributed by atoms with Crippen LogP contribution in [0.1, 0.15) is 19.3 Å². The summed E-state index contributed by atoms with van der Waals surface area (Å²) in [5.74, 6) is 0. The third kappa shape index (κ3) is 3.17. The van der Waals surface area contributed by atoms with Crippen molar-refractivity contribution in [2.75, 3.05) is 18.2 Å². The largest absolute Gasteiger partial charge is 0.398 e. The molecule has 1 aromatic carbocycles. The molecule has 7 heteroatoms. The number of nitrogen functional groups attached to an aromatic ring is 1. The molecule has 1 aromatic rings. The highest BCUT2D eigenvalue weighted by Gasteiger charge is 2.27. The zero-order chi connectivity index (χ0) is 14.0. The zero-order valence-corrected chi connectivity index (χ0v) is 11.6. The van der Waals surface area contributed by atoms with Crippen molar-refractivity contribution in [2.45, 2.75) is 36.3 Å². The van der Waals surface area contributed by atoms with Crippen LogP contribution in [0.15, 0.2) is 23.1 Å². The normalized spacial score (nSPS) is 23.5. The smallest absolute Gasteiger partial charge is 0.240 e. The molecule has 106 valence electrons. The van der Waals surface area contributed by atoms with Gasteiger partial charge in [-0.05, 0) is 37.5 Å². The van der Waals surface area contributed by atoms with E-state index >= 15 is 0 Å². The SMILES string of the molecule is COC1CCCC1Nc1ccc(S(N)(=O)=O)c(N)c1. The maximum Gasteiger partial charge on any atom is 0.240 e. The second-order valence-electron chi connectivity index (χ2n) is 4.75. The molecule has 0 aliphatic heterocycles. The minimum Gasteiger partial charge on any atom is -0.398 e. The molecule has 0 saturated heterocycles. The molecule has 6 nitrogen and oxygen atoms in total. The topological polar surface area (TPSA) is 107 Å². The van der Waals surface area contributed by atoms with Gasteiger partial charge in [-0.2, -0.15) is 0 Å². The Morgan fingerprint density at radius 3 is 2.68 bits per heavy atom. The van der Waals surface area contributed by atoms with Crippen LogP contribution in [0, 0.1) is 0 Å². The van der Waals surface area contributed by atoms with E-state index in [-0.39, 0.29) is 22.7 Å². The maximum atomic E-state index is 11.3. The maximum absolute atomic E-state index is 11.3. The van der Waals surface area contributed by atoms with Crippen molar-refractivity contribution in [2.24, 2.45) is 5.14 Å². The number of anilines is 2. The molecule has 19 heavy (non-hydrogen) atoms. The van der Waals surface area contributed by atoms with Crippen molar-refractivity contribution in [1.29, 1.82) is 0 Å². The molecule has 1 fully saturated rings. The molecule has 0 spiro atoms. The molecule has 0 amide bonds. The fourth-order valence-corrected chi connectivity index (χ4v) is 3.13. The number of hydrogen-bond acceptors (Lipinski definition) is 5. The predicted molar refractivity (Wildman–Crippen MR) is 74.3 cm³/mol. The van der Waals surface area contributed by atoms with Gasteiger partial charge in [0.05, 0.1) is 17.8 Å². The Hall–Kier alpha value is -1.31. The minimum atomic E-state index is -3.77. The molecule has 0 heterocycles. The summed E-state index contributed by atoms with van der Waals surface area (Å²) in [7, 11) is -2.07. The highest BCUT2D eigenvalue weighted by Crippen LogP contribution is 2.27. The van der Waals surface area contributed by atoms with Crippen LogP contribution in [0.4, 0.5) is 11.4 Å². The van der Waals surface area contributed by atoms with E-state index in [4.69, 9.17) is 15.6 Å². The van der Waals surface area contributed by atoms with Crippen molar-refractivity contribution in [3.63, 3.8) is 0 Å². The Kier molecular flexibility index (Phi) is 3.98. The number of sulfonamides is 1. The molecule has 2 unspecified atom stereocenters. The van der Waals surface area contributed by atoms with Crippen molar-refractivity contribution >= 4 is 21.4 Å². The lowest BCUT2D eigenvalue weighted by molar-refractivity contribution is 0.101. The first-order valence-electron chi connectivity index (χ1n) is 6.13. The molecular formula is C12H19N3O3S. The lowest BCUT2D eigenvalue weighted by atomic mass is 10.2. The number of nitrogens with two attached hydrogens (primary N) is 2. The molecular weight excluding hydrogens is 266 g/mol. The van der Waals surface area contributed by atoms with E-state index in [1.54, 1.807) is 19.2 Å². The van der Waals surface area contributed by atoms with Crippen LogP contribution in [0.25, 0.3) is 0 Å². The number of benzene rings is 1. The van der Waals surface area contributed by atoms with Crippen molar-refractivity contribution in [3.05, 3.63) is 18.2 Å². The highest BCUT2D eigenvalue weighted by atomic mass is 32.2. The van der Waals surface area contributed by atoms with Crippen molar-refractivity contribution < 1.29 is 13.2 Å². The van der Waals surface area contributed by atoms with Gasteiger partial charge in [-0.15, -0.1) is 0 Å². The number of rotatable bonds is 4. The summed E-state index contributed by atoms with van der Waals surface area (Å²) in [4.78, 5) is -0.0484. The lowest BCUT2D eigenvalue weighted by Gasteiger charge is -2.21. The van der Waals surface area contributed by atoms with Crippen molar-refractivity contribution in [1.82, 2.24) is 0 Å². The quantitative estimate of drug-likeness (QED) is 0.712. The molecule has 1 saturated carbocycles. The van der Waals surface area contributed by atoms with Gasteiger partial charge >= 0.3 is 0 Å². The number of ether oxygens (including phenoxy) is 1. The Balaban J connectivity index is 2.17. The van der Waals surface area contributed by atoms with E-state index in [1.165, 1.54) is 6.07 Å². The fourth-order valence-electron chi connectivity index (χ4n) is 2.48. The summed E-state index contributed by atoms with van der Waals surface area (Å²) in [5.41, 5.74) is 6.65. The first kappa shape index (κ1) is 14.1. The van der Waals surface area contributed by atoms with Crippen LogP contribution in [0.5, 0.6) is 0 Å². The average Bonchev–Trinajstić information content (AvgIpc) is 2.74. The second kappa shape index (κ2) is 5.36. The Morgan fingerprint density at radius 1 is 1.37 bits per heavy atom. The standard InChI is InChI=1S/C12H19N3O3S/c1-18-11-4-2-3-10(11)15-8-5-6-12(9(13)7-8)19(14,16)17/h5-7,10-11,15H,2-4,13H2,1H3,(H2,14,16,17). The number of methoxy groups -OCH3 is 1. The molecule has 0 aromatic heterocycles. The van der Waals surface area contributed by atoms with E-state index in [2.05, 4.69) is 5.32 Å². The highest BCUT2D eigenvalue weighted by molar-refractivity contribution is 7.89. The van der Waals surface area contributed by atoms with Gasteiger partial charge in [0.1, 0.15) is 4.90 Å². The molecule has 0 bridgehead atoms. The first-order valence-corrected chi connectivity index (χ1v) is 7.68. The number of hydrogen-bond donors (Lipinski definition) is 3. The minimum absolute atomic E-state index is 0.0484. The summed E-state index contributed by atoms with van der Waals surface area (Å²) in [6, 6.07) is 4.90. The van der Waals surface area contributed by atoms with Gasteiger partial charge in [-0.3, -0.25) is 0 Å². The Labute approximate surface area is 113 Å². The van der Waals surface area contributed by atoms with Gasteiger partial charge < -0.3 is 15.8 Å². The molecule has 1 aliphatic rings. The van der Waals surface area contributed by atoms with Gasteiger partial charge in [-0.25, -0.2) is 13.6 Å². The van der Waals surface area contributed by atoms with E-state index in [1.807, 2.05) is 0 Å². The Morgan fingerprint density at radius 2 is 2.11 bits per heavy atom. The van der Waals surface area contributed by atoms with Gasteiger partial charge in [-0.1, -0.05) is 0 Å². The third-order valence-electron chi connectivity index (χ3n) is 3.42. The molecule has 5 N–H and O–H groups in total. The zero-order valence-electron chi connectivity index (χ0n) is 10.8. The van der Waals surface area contributed by atoms with E-state index in [9.17, 15) is 8.42 Å². The van der Waals surface area contributed by atoms with Crippen molar-refractivity contribution in [3.8, 4) is 0 Å². The summed E-state index contributed by atoms with van der Waals surface area (Å²) >= 11 is 0. The molecule has 0 radical (unpaired) electrons. The number of primary sulfonamides is 1. The van der Waals surface area contributed by atoms with Crippen LogP contribution in [0.3, 0.4) is 0 Å². The monoisotopic (exact) mass is 285 g/mol. The van der Waals surface area contributed by atoms with Crippen LogP contribution in [-0.2, 0) is 14.8 Å². The number of nitrogens with one attached hydrogen (secondary N) is 1. The average molecular weight is 285 g/mol. The summed E-state index contributed by atoms with van der Waals surface area (Å²) < 4.78 is 27.9. The van der Waals surface area contributed by atoms with Gasteiger partial charge in [0, 0.05) is 12.8 Å². The van der Waals surface area contributed by atoms with Crippen LogP contribution in [-0.4, -0.2) is 27.7 Å². The van der Waals surface area contributed by atoms with Gasteiger partial charge in [0.25, 0.3) is 0 Å². The predicted octanol–water partition coefficient (Wildman–Crippen LogP) is 0.896. The van der Waals surface area contributed by atoms with Crippen LogP contribution < -0.4 is 16.2 Å². The van der Waals surface area contributed by atoms with Crippen LogP contribution >= 0.6 is 0 Å². The molecule has 1 aliphatic carbocycles. The fraction of sp³-hybridized carbons (Fsp3) is 0.500.